The number of anilines is 2. The number of aliphatic hydroxyl groups excluding tert-OH is 1. The van der Waals surface area contributed by atoms with Gasteiger partial charge in [-0.05, 0) is 24.6 Å². The molecule has 1 aliphatic rings. The molecule has 3 rings (SSSR count). The first kappa shape index (κ1) is 17.3. The predicted octanol–water partition coefficient (Wildman–Crippen LogP) is -0.0574. The maximum absolute atomic E-state index is 9.65. The van der Waals surface area contributed by atoms with Crippen LogP contribution in [0.5, 0.6) is 0 Å². The number of likely N-dealkylation sites (N-methyl/N-ethyl adjacent to an activating group) is 1. The largest absolute Gasteiger partial charge is 0.466 e. The summed E-state index contributed by atoms with van der Waals surface area (Å²) < 4.78 is 5.40. The minimum Gasteiger partial charge on any atom is -0.466 e. The molecule has 0 radical (unpaired) electrons. The van der Waals surface area contributed by atoms with Crippen LogP contribution in [0.3, 0.4) is 0 Å². The number of H-pyrrole nitrogens is 1. The van der Waals surface area contributed by atoms with Gasteiger partial charge < -0.3 is 19.7 Å². The number of nitrogens with one attached hydrogen (secondary N) is 4. The van der Waals surface area contributed by atoms with E-state index in [4.69, 9.17) is 9.52 Å². The van der Waals surface area contributed by atoms with Crippen molar-refractivity contribution >= 4 is 11.6 Å². The highest BCUT2D eigenvalue weighted by molar-refractivity contribution is 5.60. The second-order valence-corrected chi connectivity index (χ2v) is 6.18. The Balaban J connectivity index is 1.97. The van der Waals surface area contributed by atoms with Gasteiger partial charge in [0.15, 0.2) is 0 Å². The summed E-state index contributed by atoms with van der Waals surface area (Å²) in [7, 11) is 0. The maximum Gasteiger partial charge on any atom is 0.237 e. The molecule has 1 atom stereocenters. The van der Waals surface area contributed by atoms with Gasteiger partial charge in [0.2, 0.25) is 11.6 Å². The van der Waals surface area contributed by atoms with E-state index >= 15 is 0 Å². The molecular weight excluding hydrogens is 318 g/mol. The Hall–Kier alpha value is -2.56. The van der Waals surface area contributed by atoms with Crippen LogP contribution in [0.15, 0.2) is 22.8 Å². The molecule has 0 aromatic carbocycles. The van der Waals surface area contributed by atoms with Crippen molar-refractivity contribution in [1.29, 1.82) is 5.26 Å². The molecule has 1 unspecified atom stereocenters. The number of aliphatic hydroxyl groups is 1. The number of hydrogen-bond donors (Lipinski definition) is 4. The lowest BCUT2D eigenvalue weighted by Gasteiger charge is -2.26. The molecule has 2 aromatic rings. The van der Waals surface area contributed by atoms with Gasteiger partial charge in [-0.1, -0.05) is 0 Å². The molecule has 7 nitrogen and oxygen atoms in total. The normalized spacial score (nSPS) is 16.1. The number of rotatable bonds is 7. The van der Waals surface area contributed by atoms with Crippen LogP contribution in [0, 0.1) is 11.3 Å². The van der Waals surface area contributed by atoms with Gasteiger partial charge in [0.25, 0.3) is 0 Å². The monoisotopic (exact) mass is 343 g/mol. The molecule has 5 N–H and O–H groups in total. The van der Waals surface area contributed by atoms with Crippen LogP contribution in [0.4, 0.5) is 11.6 Å². The average molecular weight is 343 g/mol. The standard InChI is InChI=1S/C18H23N5O2/c1-2-23-7-5-14-15(10-19)17(20-6-8-24)22-18(16(14)12-23)21-11-13-4-3-9-25-13/h3-4,9,24H,2,5-8,11-12H2,1H3,(H2,20,21,22)/p+2. The molecule has 0 amide bonds. The fourth-order valence-electron chi connectivity index (χ4n) is 3.30. The first-order chi connectivity index (χ1) is 12.3. The minimum absolute atomic E-state index is 0.0126. The van der Waals surface area contributed by atoms with E-state index in [0.717, 1.165) is 43.2 Å². The molecule has 0 spiro atoms. The Kier molecular flexibility index (Phi) is 5.53. The second-order valence-electron chi connectivity index (χ2n) is 6.18. The Morgan fingerprint density at radius 1 is 1.36 bits per heavy atom. The SMILES string of the molecule is CC[NH+]1CCc2c(C#N)c(NCCO)[nH+]c(NCc3ccco3)c2C1. The molecule has 0 bridgehead atoms. The average Bonchev–Trinajstić information content (AvgIpc) is 3.17. The number of furan rings is 1. The third-order valence-corrected chi connectivity index (χ3v) is 4.67. The van der Waals surface area contributed by atoms with Gasteiger partial charge in [0.05, 0.1) is 38.1 Å². The summed E-state index contributed by atoms with van der Waals surface area (Å²) in [6, 6.07) is 6.13. The van der Waals surface area contributed by atoms with E-state index in [9.17, 15) is 5.26 Å². The van der Waals surface area contributed by atoms with Crippen LogP contribution in [0.1, 0.15) is 29.4 Å². The Bertz CT molecular complexity index is 752. The first-order valence-corrected chi connectivity index (χ1v) is 8.72. The summed E-state index contributed by atoms with van der Waals surface area (Å²) in [5.74, 6) is 2.43. The van der Waals surface area contributed by atoms with Crippen LogP contribution in [0.2, 0.25) is 0 Å². The van der Waals surface area contributed by atoms with Crippen molar-refractivity contribution in [2.45, 2.75) is 26.4 Å². The smallest absolute Gasteiger partial charge is 0.237 e. The number of nitriles is 1. The number of pyridine rings is 1. The quantitative estimate of drug-likeness (QED) is 0.565. The van der Waals surface area contributed by atoms with Gasteiger partial charge in [-0.15, -0.1) is 0 Å². The van der Waals surface area contributed by atoms with E-state index in [1.165, 1.54) is 10.5 Å². The topological polar surface area (TPSA) is 99.8 Å². The summed E-state index contributed by atoms with van der Waals surface area (Å²) in [6.45, 7) is 6.14. The highest BCUT2D eigenvalue weighted by Gasteiger charge is 2.29. The summed E-state index contributed by atoms with van der Waals surface area (Å²) in [5, 5.41) is 25.3. The van der Waals surface area contributed by atoms with Gasteiger partial charge in [0, 0.05) is 6.42 Å². The zero-order chi connectivity index (χ0) is 17.6. The number of hydrogen-bond acceptors (Lipinski definition) is 5. The molecule has 3 heterocycles. The summed E-state index contributed by atoms with van der Waals surface area (Å²) in [6.07, 6.45) is 2.53. The Morgan fingerprint density at radius 2 is 2.24 bits per heavy atom. The lowest BCUT2D eigenvalue weighted by Crippen LogP contribution is -3.11. The van der Waals surface area contributed by atoms with Crippen molar-refractivity contribution in [2.75, 3.05) is 36.9 Å². The van der Waals surface area contributed by atoms with E-state index < -0.39 is 0 Å². The molecule has 0 aliphatic carbocycles. The van der Waals surface area contributed by atoms with Crippen LogP contribution < -0.4 is 20.5 Å². The Labute approximate surface area is 147 Å². The number of nitrogens with zero attached hydrogens (tertiary/aromatic N) is 1. The fourth-order valence-corrected chi connectivity index (χ4v) is 3.30. The highest BCUT2D eigenvalue weighted by Crippen LogP contribution is 2.25. The number of aromatic amines is 1. The lowest BCUT2D eigenvalue weighted by molar-refractivity contribution is -0.914. The van der Waals surface area contributed by atoms with Gasteiger partial charge >= 0.3 is 0 Å². The zero-order valence-corrected chi connectivity index (χ0v) is 14.5. The van der Waals surface area contributed by atoms with Crippen LogP contribution in [0.25, 0.3) is 0 Å². The van der Waals surface area contributed by atoms with E-state index in [1.807, 2.05) is 12.1 Å². The fraction of sp³-hybridized carbons (Fsp3) is 0.444. The first-order valence-electron chi connectivity index (χ1n) is 8.72. The van der Waals surface area contributed by atoms with Crippen molar-refractivity contribution in [3.05, 3.63) is 40.8 Å². The summed E-state index contributed by atoms with van der Waals surface area (Å²) in [5.41, 5.74) is 2.92. The van der Waals surface area contributed by atoms with E-state index in [0.29, 0.717) is 24.5 Å². The third kappa shape index (κ3) is 3.76. The van der Waals surface area contributed by atoms with Gasteiger partial charge in [-0.25, -0.2) is 4.98 Å². The number of aromatic nitrogens is 1. The van der Waals surface area contributed by atoms with E-state index in [-0.39, 0.29) is 6.61 Å². The lowest BCUT2D eigenvalue weighted by atomic mass is 9.95. The summed E-state index contributed by atoms with van der Waals surface area (Å²) >= 11 is 0. The van der Waals surface area contributed by atoms with Crippen molar-refractivity contribution in [3.8, 4) is 6.07 Å². The van der Waals surface area contributed by atoms with Crippen molar-refractivity contribution < 1.29 is 19.4 Å². The van der Waals surface area contributed by atoms with E-state index in [2.05, 4.69) is 28.6 Å². The van der Waals surface area contributed by atoms with Gasteiger partial charge in [0.1, 0.15) is 30.5 Å². The van der Waals surface area contributed by atoms with E-state index in [1.54, 1.807) is 6.26 Å². The second kappa shape index (κ2) is 8.01. The zero-order valence-electron chi connectivity index (χ0n) is 14.5. The number of quaternary nitrogens is 1. The van der Waals surface area contributed by atoms with Gasteiger partial charge in [-0.3, -0.25) is 5.32 Å². The molecule has 0 saturated carbocycles. The molecule has 0 saturated heterocycles. The third-order valence-electron chi connectivity index (χ3n) is 4.67. The molecule has 25 heavy (non-hydrogen) atoms. The van der Waals surface area contributed by atoms with Gasteiger partial charge in [-0.2, -0.15) is 5.26 Å². The van der Waals surface area contributed by atoms with Crippen LogP contribution in [-0.2, 0) is 19.5 Å². The Morgan fingerprint density at radius 3 is 2.92 bits per heavy atom. The highest BCUT2D eigenvalue weighted by atomic mass is 16.3. The molecule has 2 aromatic heterocycles. The van der Waals surface area contributed by atoms with Crippen molar-refractivity contribution in [2.24, 2.45) is 0 Å². The molecule has 0 fully saturated rings. The van der Waals surface area contributed by atoms with Crippen molar-refractivity contribution in [3.63, 3.8) is 0 Å². The van der Waals surface area contributed by atoms with Crippen molar-refractivity contribution in [1.82, 2.24) is 0 Å². The minimum atomic E-state index is 0.0126. The van der Waals surface area contributed by atoms with Crippen LogP contribution in [-0.4, -0.2) is 31.3 Å². The molecule has 132 valence electrons. The summed E-state index contributed by atoms with van der Waals surface area (Å²) in [4.78, 5) is 4.82. The molecular formula is C18H25N5O2+2. The maximum atomic E-state index is 9.65. The number of fused-ring (bicyclic) bond motifs is 1. The predicted molar refractivity (Wildman–Crippen MR) is 93.1 cm³/mol. The molecule has 7 heteroatoms. The van der Waals surface area contributed by atoms with Crippen LogP contribution >= 0.6 is 0 Å². The molecule has 1 aliphatic heterocycles.